The van der Waals surface area contributed by atoms with Crippen LogP contribution in [0.4, 0.5) is 11.4 Å². The fourth-order valence-electron chi connectivity index (χ4n) is 2.88. The monoisotopic (exact) mass is 446 g/mol. The Morgan fingerprint density at radius 1 is 1.21 bits per heavy atom. The second-order valence-corrected chi connectivity index (χ2v) is 7.19. The summed E-state index contributed by atoms with van der Waals surface area (Å²) in [6.07, 6.45) is 0.0460. The van der Waals surface area contributed by atoms with Gasteiger partial charge in [0.2, 0.25) is 5.91 Å². The molecule has 0 aliphatic carbocycles. The third kappa shape index (κ3) is 4.89. The molecule has 0 spiro atoms. The second kappa shape index (κ2) is 8.88. The number of halogens is 1. The quantitative estimate of drug-likeness (QED) is 0.689. The van der Waals surface area contributed by atoms with Crippen LogP contribution in [0.5, 0.6) is 5.75 Å². The van der Waals surface area contributed by atoms with E-state index in [0.29, 0.717) is 17.1 Å². The minimum atomic E-state index is -0.612. The number of amides is 2. The summed E-state index contributed by atoms with van der Waals surface area (Å²) in [4.78, 5) is 38.0. The molecule has 0 saturated carbocycles. The van der Waals surface area contributed by atoms with Gasteiger partial charge in [-0.2, -0.15) is 0 Å². The molecular weight excluding hydrogens is 428 g/mol. The number of carbonyl (C=O) groups is 3. The third-order valence-corrected chi connectivity index (χ3v) is 4.83. The molecule has 1 aliphatic rings. The Kier molecular flexibility index (Phi) is 6.30. The third-order valence-electron chi connectivity index (χ3n) is 4.30. The standard InChI is InChI=1S/C20H19BrN2O5/c1-27-17-4-2-3-16(10-17)23-11-13(9-19(23)25)20(26)28-12-18(24)22-15-7-5-14(21)6-8-15/h2-8,10,13H,9,11-12H2,1H3,(H,22,24)/t13-/m0/s1. The SMILES string of the molecule is COc1cccc(N2C[C@@H](C(=O)OCC(=O)Nc3ccc(Br)cc3)CC2=O)c1. The van der Waals surface area contributed by atoms with Crippen molar-refractivity contribution in [1.82, 2.24) is 0 Å². The van der Waals surface area contributed by atoms with Gasteiger partial charge in [0.05, 0.1) is 13.0 Å². The Morgan fingerprint density at radius 2 is 1.96 bits per heavy atom. The predicted octanol–water partition coefficient (Wildman–Crippen LogP) is 2.99. The first-order valence-electron chi connectivity index (χ1n) is 8.62. The van der Waals surface area contributed by atoms with Gasteiger partial charge in [0, 0.05) is 34.9 Å². The van der Waals surface area contributed by atoms with Crippen LogP contribution in [0, 0.1) is 5.92 Å². The van der Waals surface area contributed by atoms with Gasteiger partial charge in [-0.15, -0.1) is 0 Å². The molecule has 0 aromatic heterocycles. The lowest BCUT2D eigenvalue weighted by atomic mass is 10.1. The normalized spacial score (nSPS) is 16.0. The van der Waals surface area contributed by atoms with Crippen molar-refractivity contribution >= 4 is 45.1 Å². The fourth-order valence-corrected chi connectivity index (χ4v) is 3.14. The second-order valence-electron chi connectivity index (χ2n) is 6.27. The highest BCUT2D eigenvalue weighted by atomic mass is 79.9. The van der Waals surface area contributed by atoms with E-state index in [1.807, 2.05) is 0 Å². The van der Waals surface area contributed by atoms with Crippen LogP contribution in [-0.4, -0.2) is 38.0 Å². The molecule has 1 N–H and O–H groups in total. The lowest BCUT2D eigenvalue weighted by Gasteiger charge is -2.17. The molecule has 0 radical (unpaired) electrons. The van der Waals surface area contributed by atoms with Gasteiger partial charge >= 0.3 is 5.97 Å². The van der Waals surface area contributed by atoms with Crippen LogP contribution in [0.15, 0.2) is 53.0 Å². The minimum absolute atomic E-state index is 0.0460. The zero-order chi connectivity index (χ0) is 20.1. The average molecular weight is 447 g/mol. The topological polar surface area (TPSA) is 84.9 Å². The molecule has 146 valence electrons. The minimum Gasteiger partial charge on any atom is -0.497 e. The van der Waals surface area contributed by atoms with Crippen LogP contribution in [-0.2, 0) is 19.1 Å². The highest BCUT2D eigenvalue weighted by Gasteiger charge is 2.36. The number of hydrogen-bond donors (Lipinski definition) is 1. The summed E-state index contributed by atoms with van der Waals surface area (Å²) >= 11 is 3.31. The largest absolute Gasteiger partial charge is 0.497 e. The van der Waals surface area contributed by atoms with Crippen molar-refractivity contribution in [2.45, 2.75) is 6.42 Å². The summed E-state index contributed by atoms with van der Waals surface area (Å²) < 4.78 is 11.2. The van der Waals surface area contributed by atoms with Gasteiger partial charge in [-0.25, -0.2) is 0 Å². The van der Waals surface area contributed by atoms with E-state index >= 15 is 0 Å². The highest BCUT2D eigenvalue weighted by Crippen LogP contribution is 2.28. The van der Waals surface area contributed by atoms with E-state index in [4.69, 9.17) is 9.47 Å². The molecular formula is C20H19BrN2O5. The molecule has 28 heavy (non-hydrogen) atoms. The Labute approximate surface area is 170 Å². The van der Waals surface area contributed by atoms with Crippen molar-refractivity contribution in [3.63, 3.8) is 0 Å². The molecule has 1 atom stereocenters. The molecule has 0 unspecified atom stereocenters. The number of methoxy groups -OCH3 is 1. The van der Waals surface area contributed by atoms with Crippen LogP contribution in [0.2, 0.25) is 0 Å². The number of esters is 1. The number of nitrogens with zero attached hydrogens (tertiary/aromatic N) is 1. The van der Waals surface area contributed by atoms with Gasteiger partial charge in [0.15, 0.2) is 6.61 Å². The number of carbonyl (C=O) groups excluding carboxylic acids is 3. The number of rotatable bonds is 6. The fraction of sp³-hybridized carbons (Fsp3) is 0.250. The molecule has 2 aromatic rings. The molecule has 7 nitrogen and oxygen atoms in total. The molecule has 1 aliphatic heterocycles. The summed E-state index contributed by atoms with van der Waals surface area (Å²) in [6.45, 7) is -0.197. The van der Waals surface area contributed by atoms with E-state index in [9.17, 15) is 14.4 Å². The maximum Gasteiger partial charge on any atom is 0.311 e. The number of hydrogen-bond acceptors (Lipinski definition) is 5. The van der Waals surface area contributed by atoms with E-state index < -0.39 is 24.4 Å². The summed E-state index contributed by atoms with van der Waals surface area (Å²) in [5.74, 6) is -1.16. The van der Waals surface area contributed by atoms with Gasteiger partial charge < -0.3 is 19.7 Å². The summed E-state index contributed by atoms with van der Waals surface area (Å²) in [5, 5.41) is 2.64. The van der Waals surface area contributed by atoms with Crippen LogP contribution in [0.25, 0.3) is 0 Å². The Bertz CT molecular complexity index is 884. The van der Waals surface area contributed by atoms with Crippen molar-refractivity contribution in [3.05, 3.63) is 53.0 Å². The number of nitrogens with one attached hydrogen (secondary N) is 1. The molecule has 1 fully saturated rings. The van der Waals surface area contributed by atoms with Gasteiger partial charge in [-0.05, 0) is 36.4 Å². The molecule has 2 amide bonds. The number of ether oxygens (including phenoxy) is 2. The van der Waals surface area contributed by atoms with Crippen LogP contribution in [0.1, 0.15) is 6.42 Å². The summed E-state index contributed by atoms with van der Waals surface area (Å²) in [7, 11) is 1.55. The van der Waals surface area contributed by atoms with Crippen molar-refractivity contribution in [3.8, 4) is 5.75 Å². The first kappa shape index (κ1) is 19.9. The van der Waals surface area contributed by atoms with Gasteiger partial charge in [0.1, 0.15) is 5.75 Å². The van der Waals surface area contributed by atoms with Gasteiger partial charge in [0.25, 0.3) is 5.91 Å². The van der Waals surface area contributed by atoms with Gasteiger partial charge in [-0.1, -0.05) is 22.0 Å². The van der Waals surface area contributed by atoms with E-state index in [0.717, 1.165) is 4.47 Å². The Hall–Kier alpha value is -2.87. The van der Waals surface area contributed by atoms with Crippen LogP contribution >= 0.6 is 15.9 Å². The van der Waals surface area contributed by atoms with E-state index in [-0.39, 0.29) is 18.9 Å². The van der Waals surface area contributed by atoms with Crippen molar-refractivity contribution in [2.24, 2.45) is 5.92 Å². The van der Waals surface area contributed by atoms with E-state index in [1.165, 1.54) is 4.90 Å². The molecule has 3 rings (SSSR count). The first-order valence-corrected chi connectivity index (χ1v) is 9.42. The summed E-state index contributed by atoms with van der Waals surface area (Å²) in [6, 6.07) is 14.1. The average Bonchev–Trinajstić information content (AvgIpc) is 3.10. The van der Waals surface area contributed by atoms with Crippen molar-refractivity contribution in [2.75, 3.05) is 30.5 Å². The van der Waals surface area contributed by atoms with Crippen molar-refractivity contribution in [1.29, 1.82) is 0 Å². The van der Waals surface area contributed by atoms with E-state index in [2.05, 4.69) is 21.2 Å². The molecule has 1 heterocycles. The maximum atomic E-state index is 12.3. The molecule has 8 heteroatoms. The smallest absolute Gasteiger partial charge is 0.311 e. The molecule has 1 saturated heterocycles. The van der Waals surface area contributed by atoms with Crippen molar-refractivity contribution < 1.29 is 23.9 Å². The van der Waals surface area contributed by atoms with E-state index in [1.54, 1.807) is 55.6 Å². The highest BCUT2D eigenvalue weighted by molar-refractivity contribution is 9.10. The predicted molar refractivity (Wildman–Crippen MR) is 107 cm³/mol. The lowest BCUT2D eigenvalue weighted by Crippen LogP contribution is -2.28. The van der Waals surface area contributed by atoms with Crippen LogP contribution in [0.3, 0.4) is 0 Å². The zero-order valence-electron chi connectivity index (χ0n) is 15.2. The maximum absolute atomic E-state index is 12.3. The summed E-state index contributed by atoms with van der Waals surface area (Å²) in [5.41, 5.74) is 1.26. The first-order chi connectivity index (χ1) is 13.5. The Balaban J connectivity index is 1.52. The lowest BCUT2D eigenvalue weighted by molar-refractivity contribution is -0.151. The molecule has 2 aromatic carbocycles. The number of anilines is 2. The van der Waals surface area contributed by atoms with Crippen LogP contribution < -0.4 is 15.0 Å². The van der Waals surface area contributed by atoms with Gasteiger partial charge in [-0.3, -0.25) is 14.4 Å². The zero-order valence-corrected chi connectivity index (χ0v) is 16.8. The number of benzene rings is 2. The molecule has 0 bridgehead atoms. The Morgan fingerprint density at radius 3 is 2.68 bits per heavy atom.